The molecule has 1 saturated heterocycles. The Morgan fingerprint density at radius 2 is 2.03 bits per heavy atom. The van der Waals surface area contributed by atoms with Crippen LogP contribution in [0.4, 0.5) is 5.82 Å². The Morgan fingerprint density at radius 3 is 2.73 bits per heavy atom. The van der Waals surface area contributed by atoms with Crippen molar-refractivity contribution in [2.75, 3.05) is 31.6 Å². The van der Waals surface area contributed by atoms with E-state index in [1.54, 1.807) is 18.4 Å². The Balaban J connectivity index is 1.23. The van der Waals surface area contributed by atoms with Crippen LogP contribution in [0.1, 0.15) is 18.4 Å². The fourth-order valence-corrected chi connectivity index (χ4v) is 4.41. The van der Waals surface area contributed by atoms with E-state index >= 15 is 0 Å². The van der Waals surface area contributed by atoms with Crippen molar-refractivity contribution in [3.63, 3.8) is 0 Å². The molecule has 4 rings (SSSR count). The summed E-state index contributed by atoms with van der Waals surface area (Å²) in [5.74, 6) is 1.94. The summed E-state index contributed by atoms with van der Waals surface area (Å²) in [6, 6.07) is 16.1. The quantitative estimate of drug-likeness (QED) is 0.627. The molecule has 1 N–H and O–H groups in total. The molecule has 3 aromatic rings. The second-order valence-corrected chi connectivity index (χ2v) is 8.36. The highest BCUT2D eigenvalue weighted by atomic mass is 32.1. The molecule has 1 fully saturated rings. The third kappa shape index (κ3) is 4.97. The molecular weight excluding hydrogens is 396 g/mol. The molecule has 3 heterocycles. The number of carbonyl (C=O) groups excluding carboxylic acids is 1. The third-order valence-corrected chi connectivity index (χ3v) is 6.35. The number of nitrogens with zero attached hydrogens (tertiary/aromatic N) is 3. The highest BCUT2D eigenvalue weighted by Gasteiger charge is 2.25. The van der Waals surface area contributed by atoms with Crippen molar-refractivity contribution in [2.24, 2.45) is 5.92 Å². The van der Waals surface area contributed by atoms with Gasteiger partial charge in [0.15, 0.2) is 5.82 Å². The zero-order chi connectivity index (χ0) is 20.8. The summed E-state index contributed by atoms with van der Waals surface area (Å²) in [7, 11) is 1.66. The molecule has 0 radical (unpaired) electrons. The maximum Gasteiger partial charge on any atom is 0.223 e. The number of benzene rings is 1. The van der Waals surface area contributed by atoms with Gasteiger partial charge in [-0.25, -0.2) is 0 Å². The molecule has 30 heavy (non-hydrogen) atoms. The normalized spacial score (nSPS) is 14.5. The van der Waals surface area contributed by atoms with Crippen LogP contribution >= 0.6 is 11.3 Å². The number of piperidine rings is 1. The highest BCUT2D eigenvalue weighted by molar-refractivity contribution is 7.13. The Labute approximate surface area is 180 Å². The lowest BCUT2D eigenvalue weighted by Crippen LogP contribution is -2.41. The standard InChI is InChI=1S/C23H26N4O2S/c1-29-19-5-2-4-17(16-19)9-12-24-23(28)18-10-13-27(14-11-18)22-8-7-20(25-26-22)21-6-3-15-30-21/h2-8,15-16,18H,9-14H2,1H3,(H,24,28). The number of carbonyl (C=O) groups is 1. The number of nitrogens with one attached hydrogen (secondary N) is 1. The topological polar surface area (TPSA) is 67.3 Å². The van der Waals surface area contributed by atoms with Crippen molar-refractivity contribution >= 4 is 23.1 Å². The van der Waals surface area contributed by atoms with E-state index in [4.69, 9.17) is 4.74 Å². The first-order valence-corrected chi connectivity index (χ1v) is 11.1. The number of rotatable bonds is 7. The van der Waals surface area contributed by atoms with Crippen LogP contribution < -0.4 is 15.0 Å². The number of hydrogen-bond donors (Lipinski definition) is 1. The van der Waals surface area contributed by atoms with Crippen LogP contribution in [0.5, 0.6) is 5.75 Å². The van der Waals surface area contributed by atoms with E-state index < -0.39 is 0 Å². The lowest BCUT2D eigenvalue weighted by molar-refractivity contribution is -0.125. The fraction of sp³-hybridized carbons (Fsp3) is 0.348. The molecule has 0 aliphatic carbocycles. The summed E-state index contributed by atoms with van der Waals surface area (Å²) in [5, 5.41) is 13.9. The Kier molecular flexibility index (Phi) is 6.59. The van der Waals surface area contributed by atoms with E-state index in [9.17, 15) is 4.79 Å². The van der Waals surface area contributed by atoms with Crippen LogP contribution in [-0.2, 0) is 11.2 Å². The van der Waals surface area contributed by atoms with E-state index in [1.165, 1.54) is 0 Å². The molecular formula is C23H26N4O2S. The smallest absolute Gasteiger partial charge is 0.223 e. The fourth-order valence-electron chi connectivity index (χ4n) is 3.72. The number of hydrogen-bond acceptors (Lipinski definition) is 6. The maximum absolute atomic E-state index is 12.5. The van der Waals surface area contributed by atoms with E-state index in [2.05, 4.69) is 26.5 Å². The number of aromatic nitrogens is 2. The minimum absolute atomic E-state index is 0.0601. The molecule has 7 heteroatoms. The van der Waals surface area contributed by atoms with E-state index in [0.29, 0.717) is 6.54 Å². The summed E-state index contributed by atoms with van der Waals surface area (Å²) >= 11 is 1.66. The molecule has 1 amide bonds. The molecule has 1 aliphatic rings. The van der Waals surface area contributed by atoms with Crippen molar-refractivity contribution in [2.45, 2.75) is 19.3 Å². The second kappa shape index (κ2) is 9.71. The van der Waals surface area contributed by atoms with Gasteiger partial charge in [-0.1, -0.05) is 18.2 Å². The average molecular weight is 423 g/mol. The summed E-state index contributed by atoms with van der Waals surface area (Å²) in [4.78, 5) is 15.9. The van der Waals surface area contributed by atoms with Gasteiger partial charge in [0.05, 0.1) is 12.0 Å². The van der Waals surface area contributed by atoms with Gasteiger partial charge in [0.1, 0.15) is 11.4 Å². The molecule has 0 spiro atoms. The molecule has 0 unspecified atom stereocenters. The van der Waals surface area contributed by atoms with E-state index in [-0.39, 0.29) is 11.8 Å². The highest BCUT2D eigenvalue weighted by Crippen LogP contribution is 2.25. The predicted molar refractivity (Wildman–Crippen MR) is 120 cm³/mol. The Bertz CT molecular complexity index is 952. The predicted octanol–water partition coefficient (Wildman–Crippen LogP) is 3.79. The van der Waals surface area contributed by atoms with Crippen LogP contribution in [0, 0.1) is 5.92 Å². The molecule has 0 atom stereocenters. The molecule has 0 bridgehead atoms. The monoisotopic (exact) mass is 422 g/mol. The zero-order valence-electron chi connectivity index (χ0n) is 17.1. The number of amides is 1. The number of thiophene rings is 1. The van der Waals surface area contributed by atoms with Crippen molar-refractivity contribution in [1.82, 2.24) is 15.5 Å². The number of anilines is 1. The van der Waals surface area contributed by atoms with Gasteiger partial charge in [0.25, 0.3) is 0 Å². The van der Waals surface area contributed by atoms with Gasteiger partial charge >= 0.3 is 0 Å². The average Bonchev–Trinajstić information content (AvgIpc) is 3.34. The zero-order valence-corrected chi connectivity index (χ0v) is 17.9. The first-order valence-electron chi connectivity index (χ1n) is 10.3. The first-order chi connectivity index (χ1) is 14.7. The van der Waals surface area contributed by atoms with Crippen LogP contribution in [0.25, 0.3) is 10.6 Å². The summed E-state index contributed by atoms with van der Waals surface area (Å²) in [6.07, 6.45) is 2.46. The van der Waals surface area contributed by atoms with Crippen molar-refractivity contribution in [3.8, 4) is 16.3 Å². The van der Waals surface area contributed by atoms with E-state index in [1.807, 2.05) is 47.8 Å². The molecule has 156 valence electrons. The molecule has 6 nitrogen and oxygen atoms in total. The van der Waals surface area contributed by atoms with Gasteiger partial charge in [0.2, 0.25) is 5.91 Å². The SMILES string of the molecule is COc1cccc(CCNC(=O)C2CCN(c3ccc(-c4cccs4)nn3)CC2)c1. The largest absolute Gasteiger partial charge is 0.497 e. The number of ether oxygens (including phenoxy) is 1. The van der Waals surface area contributed by atoms with Crippen LogP contribution in [0.3, 0.4) is 0 Å². The number of methoxy groups -OCH3 is 1. The lowest BCUT2D eigenvalue weighted by Gasteiger charge is -2.31. The lowest BCUT2D eigenvalue weighted by atomic mass is 9.96. The summed E-state index contributed by atoms with van der Waals surface area (Å²) < 4.78 is 5.25. The summed E-state index contributed by atoms with van der Waals surface area (Å²) in [5.41, 5.74) is 2.06. The van der Waals surface area contributed by atoms with Gasteiger partial charge in [0, 0.05) is 25.6 Å². The summed E-state index contributed by atoms with van der Waals surface area (Å²) in [6.45, 7) is 2.28. The van der Waals surface area contributed by atoms with E-state index in [0.717, 1.165) is 60.1 Å². The van der Waals surface area contributed by atoms with Crippen LogP contribution in [0.15, 0.2) is 53.9 Å². The van der Waals surface area contributed by atoms with Gasteiger partial charge in [-0.15, -0.1) is 21.5 Å². The van der Waals surface area contributed by atoms with Gasteiger partial charge in [-0.3, -0.25) is 4.79 Å². The van der Waals surface area contributed by atoms with Crippen molar-refractivity contribution < 1.29 is 9.53 Å². The van der Waals surface area contributed by atoms with Gasteiger partial charge in [-0.2, -0.15) is 0 Å². The minimum atomic E-state index is 0.0601. The van der Waals surface area contributed by atoms with Crippen molar-refractivity contribution in [1.29, 1.82) is 0 Å². The maximum atomic E-state index is 12.5. The van der Waals surface area contributed by atoms with Gasteiger partial charge < -0.3 is 15.0 Å². The first kappa shape index (κ1) is 20.3. The van der Waals surface area contributed by atoms with Crippen LogP contribution in [-0.4, -0.2) is 42.8 Å². The van der Waals surface area contributed by atoms with Crippen molar-refractivity contribution in [3.05, 3.63) is 59.5 Å². The molecule has 1 aliphatic heterocycles. The third-order valence-electron chi connectivity index (χ3n) is 5.46. The Morgan fingerprint density at radius 1 is 1.17 bits per heavy atom. The molecule has 1 aromatic carbocycles. The van der Waals surface area contributed by atoms with Crippen LogP contribution in [0.2, 0.25) is 0 Å². The Hall–Kier alpha value is -2.93. The molecule has 2 aromatic heterocycles. The molecule has 0 saturated carbocycles. The van der Waals surface area contributed by atoms with Gasteiger partial charge in [-0.05, 0) is 60.5 Å². The minimum Gasteiger partial charge on any atom is -0.497 e. The second-order valence-electron chi connectivity index (χ2n) is 7.41.